The highest BCUT2D eigenvalue weighted by molar-refractivity contribution is 6.02. The van der Waals surface area contributed by atoms with Crippen LogP contribution in [0, 0.1) is 5.92 Å². The zero-order valence-corrected chi connectivity index (χ0v) is 15.2. The second-order valence-electron chi connectivity index (χ2n) is 7.95. The van der Waals surface area contributed by atoms with Gasteiger partial charge < -0.3 is 19.9 Å². The maximum atomic E-state index is 11.0. The molecular weight excluding hydrogens is 330 g/mol. The maximum Gasteiger partial charge on any atom is 0.146 e. The van der Waals surface area contributed by atoms with Gasteiger partial charge in [0.15, 0.2) is 0 Å². The van der Waals surface area contributed by atoms with Crippen LogP contribution in [-0.2, 0) is 6.42 Å². The lowest BCUT2D eigenvalue weighted by Crippen LogP contribution is -2.14. The third-order valence-corrected chi connectivity index (χ3v) is 5.72. The standard InChI is InChI=1S/C19H23N5O2/c1-8(2)24-11-6-9(3)16(25)14-15(23-26-17(14)10-4-5-10)12(11)13-18(20)21-7-22-19(13)24/h7-10,16,25H,4-6H2,1-3H3,(H2,20,21,22)/t9-,16+/m0/s1. The molecule has 7 heteroatoms. The van der Waals surface area contributed by atoms with Gasteiger partial charge in [-0.15, -0.1) is 0 Å². The van der Waals surface area contributed by atoms with Gasteiger partial charge in [-0.1, -0.05) is 12.1 Å². The monoisotopic (exact) mass is 353 g/mol. The third-order valence-electron chi connectivity index (χ3n) is 5.72. The lowest BCUT2D eigenvalue weighted by Gasteiger charge is -2.19. The Morgan fingerprint density at radius 1 is 1.31 bits per heavy atom. The number of rotatable bonds is 2. The fraction of sp³-hybridized carbons (Fsp3) is 0.526. The van der Waals surface area contributed by atoms with Crippen LogP contribution in [0.4, 0.5) is 5.82 Å². The number of nitrogens with two attached hydrogens (primary N) is 1. The van der Waals surface area contributed by atoms with Gasteiger partial charge in [0.1, 0.15) is 29.2 Å². The third kappa shape index (κ3) is 2.00. The van der Waals surface area contributed by atoms with E-state index in [1.807, 2.05) is 0 Å². The number of hydrogen-bond acceptors (Lipinski definition) is 6. The van der Waals surface area contributed by atoms with Gasteiger partial charge in [-0.2, -0.15) is 0 Å². The predicted octanol–water partition coefficient (Wildman–Crippen LogP) is 3.35. The summed E-state index contributed by atoms with van der Waals surface area (Å²) in [5, 5.41) is 16.3. The number of fused-ring (bicyclic) bond motifs is 5. The maximum absolute atomic E-state index is 11.0. The summed E-state index contributed by atoms with van der Waals surface area (Å²) in [5.41, 5.74) is 10.7. The van der Waals surface area contributed by atoms with E-state index in [2.05, 4.69) is 40.5 Å². The molecule has 0 aliphatic heterocycles. The Bertz CT molecular complexity index is 1010. The SMILES string of the molecule is CC(C)n1c2c(c3c(N)ncnc31)-c1noc(C3CC3)c1[C@H](O)[C@@H](C)C2. The smallest absolute Gasteiger partial charge is 0.146 e. The number of aromatic nitrogens is 4. The van der Waals surface area contributed by atoms with Crippen molar-refractivity contribution in [3.8, 4) is 11.3 Å². The Labute approximate surface area is 151 Å². The molecule has 3 heterocycles. The first-order valence-corrected chi connectivity index (χ1v) is 9.30. The minimum absolute atomic E-state index is 0.0443. The van der Waals surface area contributed by atoms with E-state index in [4.69, 9.17) is 10.3 Å². The van der Waals surface area contributed by atoms with Crippen molar-refractivity contribution in [3.05, 3.63) is 23.3 Å². The highest BCUT2D eigenvalue weighted by atomic mass is 16.5. The Morgan fingerprint density at radius 3 is 2.77 bits per heavy atom. The number of nitrogens with zero attached hydrogens (tertiary/aromatic N) is 4. The van der Waals surface area contributed by atoms with Crippen molar-refractivity contribution in [1.82, 2.24) is 19.7 Å². The van der Waals surface area contributed by atoms with E-state index < -0.39 is 6.10 Å². The van der Waals surface area contributed by atoms with Crippen LogP contribution in [0.1, 0.15) is 68.7 Å². The number of aliphatic hydroxyl groups excluding tert-OH is 1. The van der Waals surface area contributed by atoms with Crippen LogP contribution in [0.25, 0.3) is 22.3 Å². The highest BCUT2D eigenvalue weighted by Crippen LogP contribution is 2.51. The van der Waals surface area contributed by atoms with Crippen molar-refractivity contribution in [1.29, 1.82) is 0 Å². The van der Waals surface area contributed by atoms with E-state index in [-0.39, 0.29) is 12.0 Å². The topological polar surface area (TPSA) is 103 Å². The Hall–Kier alpha value is -2.41. The van der Waals surface area contributed by atoms with E-state index >= 15 is 0 Å². The lowest BCUT2D eigenvalue weighted by atomic mass is 9.94. The van der Waals surface area contributed by atoms with E-state index in [1.165, 1.54) is 6.33 Å². The number of anilines is 1. The summed E-state index contributed by atoms with van der Waals surface area (Å²) in [6.45, 7) is 6.33. The van der Waals surface area contributed by atoms with Crippen molar-refractivity contribution in [2.24, 2.45) is 5.92 Å². The first-order valence-electron chi connectivity index (χ1n) is 9.30. The molecule has 136 valence electrons. The van der Waals surface area contributed by atoms with Crippen LogP contribution in [0.5, 0.6) is 0 Å². The number of nitrogen functional groups attached to an aromatic ring is 1. The minimum Gasteiger partial charge on any atom is -0.388 e. The molecule has 0 amide bonds. The van der Waals surface area contributed by atoms with Gasteiger partial charge in [0.2, 0.25) is 0 Å². The van der Waals surface area contributed by atoms with E-state index in [0.717, 1.165) is 52.9 Å². The van der Waals surface area contributed by atoms with Crippen LogP contribution in [0.3, 0.4) is 0 Å². The molecule has 0 bridgehead atoms. The van der Waals surface area contributed by atoms with Crippen LogP contribution in [-0.4, -0.2) is 24.8 Å². The first-order chi connectivity index (χ1) is 12.5. The lowest BCUT2D eigenvalue weighted by molar-refractivity contribution is 0.116. The van der Waals surface area contributed by atoms with Gasteiger partial charge >= 0.3 is 0 Å². The summed E-state index contributed by atoms with van der Waals surface area (Å²) in [6, 6.07) is 0.205. The Balaban J connectivity index is 1.91. The van der Waals surface area contributed by atoms with Gasteiger partial charge in [-0.25, -0.2) is 9.97 Å². The van der Waals surface area contributed by atoms with Gasteiger partial charge in [-0.3, -0.25) is 0 Å². The molecule has 0 saturated heterocycles. The largest absolute Gasteiger partial charge is 0.388 e. The molecule has 3 aromatic rings. The van der Waals surface area contributed by atoms with E-state index in [1.54, 1.807) is 0 Å². The second-order valence-corrected chi connectivity index (χ2v) is 7.95. The second kappa shape index (κ2) is 5.30. The molecule has 0 unspecified atom stereocenters. The summed E-state index contributed by atoms with van der Waals surface area (Å²) in [7, 11) is 0. The van der Waals surface area contributed by atoms with Crippen LogP contribution >= 0.6 is 0 Å². The average molecular weight is 353 g/mol. The molecule has 2 aliphatic carbocycles. The van der Waals surface area contributed by atoms with Gasteiger partial charge in [0.05, 0.1) is 17.1 Å². The molecule has 3 N–H and O–H groups in total. The van der Waals surface area contributed by atoms with Crippen molar-refractivity contribution in [2.75, 3.05) is 5.73 Å². The van der Waals surface area contributed by atoms with Crippen LogP contribution in [0.2, 0.25) is 0 Å². The van der Waals surface area contributed by atoms with Crippen molar-refractivity contribution in [2.45, 2.75) is 58.1 Å². The molecule has 2 aliphatic rings. The fourth-order valence-electron chi connectivity index (χ4n) is 4.33. The van der Waals surface area contributed by atoms with E-state index in [9.17, 15) is 5.11 Å². The highest BCUT2D eigenvalue weighted by Gasteiger charge is 2.41. The van der Waals surface area contributed by atoms with Crippen LogP contribution < -0.4 is 5.73 Å². The molecule has 3 aromatic heterocycles. The first kappa shape index (κ1) is 15.8. The van der Waals surface area contributed by atoms with E-state index in [0.29, 0.717) is 17.4 Å². The Morgan fingerprint density at radius 2 is 2.08 bits per heavy atom. The summed E-state index contributed by atoms with van der Waals surface area (Å²) in [5.74, 6) is 1.70. The van der Waals surface area contributed by atoms with Gasteiger partial charge in [0, 0.05) is 23.2 Å². The molecular formula is C19H23N5O2. The molecule has 7 nitrogen and oxygen atoms in total. The zero-order valence-electron chi connectivity index (χ0n) is 15.2. The molecule has 5 rings (SSSR count). The summed E-state index contributed by atoms with van der Waals surface area (Å²) in [6.07, 6.45) is 3.82. The van der Waals surface area contributed by atoms with Crippen molar-refractivity contribution < 1.29 is 9.63 Å². The summed E-state index contributed by atoms with van der Waals surface area (Å²) >= 11 is 0. The van der Waals surface area contributed by atoms with Crippen molar-refractivity contribution in [3.63, 3.8) is 0 Å². The Kier molecular flexibility index (Phi) is 3.22. The van der Waals surface area contributed by atoms with Gasteiger partial charge in [0.25, 0.3) is 0 Å². The number of hydrogen-bond donors (Lipinski definition) is 2. The molecule has 0 radical (unpaired) electrons. The summed E-state index contributed by atoms with van der Waals surface area (Å²) in [4.78, 5) is 8.74. The molecule has 0 spiro atoms. The summed E-state index contributed by atoms with van der Waals surface area (Å²) < 4.78 is 7.93. The quantitative estimate of drug-likeness (QED) is 0.732. The van der Waals surface area contributed by atoms with Gasteiger partial charge in [-0.05, 0) is 39.0 Å². The molecule has 26 heavy (non-hydrogen) atoms. The normalized spacial score (nSPS) is 22.5. The predicted molar refractivity (Wildman–Crippen MR) is 97.6 cm³/mol. The van der Waals surface area contributed by atoms with Crippen molar-refractivity contribution >= 4 is 16.9 Å². The molecule has 1 fully saturated rings. The average Bonchev–Trinajstić information content (AvgIpc) is 3.28. The fourth-order valence-corrected chi connectivity index (χ4v) is 4.33. The molecule has 1 saturated carbocycles. The zero-order chi connectivity index (χ0) is 18.2. The number of aliphatic hydroxyl groups is 1. The minimum atomic E-state index is -0.597. The van der Waals surface area contributed by atoms with Crippen LogP contribution in [0.15, 0.2) is 10.9 Å². The molecule has 2 atom stereocenters. The molecule has 0 aromatic carbocycles.